The van der Waals surface area contributed by atoms with E-state index in [-0.39, 0.29) is 23.9 Å². The van der Waals surface area contributed by atoms with Gasteiger partial charge in [0.25, 0.3) is 0 Å². The molecule has 150 valence electrons. The summed E-state index contributed by atoms with van der Waals surface area (Å²) in [5, 5.41) is 9.95. The molecular weight excluding hydrogens is 338 g/mol. The van der Waals surface area contributed by atoms with Gasteiger partial charge in [-0.1, -0.05) is 6.07 Å². The van der Waals surface area contributed by atoms with Crippen LogP contribution in [-0.2, 0) is 11.2 Å². The second kappa shape index (κ2) is 7.02. The van der Waals surface area contributed by atoms with Crippen LogP contribution in [-0.4, -0.2) is 33.9 Å². The molecule has 1 aromatic heterocycles. The van der Waals surface area contributed by atoms with E-state index in [0.717, 1.165) is 38.5 Å². The Kier molecular flexibility index (Phi) is 4.98. The first-order valence-electron chi connectivity index (χ1n) is 10.6. The van der Waals surface area contributed by atoms with Crippen molar-refractivity contribution in [1.29, 1.82) is 0 Å². The van der Waals surface area contributed by atoms with E-state index in [4.69, 9.17) is 16.2 Å². The molecule has 3 heterocycles. The summed E-state index contributed by atoms with van der Waals surface area (Å²) in [5.74, 6) is 2.40. The monoisotopic (exact) mass is 373 g/mol. The molecule has 2 aliphatic carbocycles. The number of pyridine rings is 1. The molecule has 0 aromatic carbocycles. The van der Waals surface area contributed by atoms with Gasteiger partial charge in [-0.25, -0.2) is 4.98 Å². The van der Waals surface area contributed by atoms with E-state index in [2.05, 4.69) is 24.9 Å². The maximum Gasteiger partial charge on any atom is 0.123 e. The summed E-state index contributed by atoms with van der Waals surface area (Å²) in [6.45, 7) is 4.70. The summed E-state index contributed by atoms with van der Waals surface area (Å²) in [5.41, 5.74) is 13.3. The number of rotatable bonds is 4. The fraction of sp³-hybridized carbons (Fsp3) is 0.773. The molecule has 5 heteroatoms. The summed E-state index contributed by atoms with van der Waals surface area (Å²) in [6.07, 6.45) is 9.43. The number of anilines is 1. The minimum absolute atomic E-state index is 0.108. The fourth-order valence-corrected chi connectivity index (χ4v) is 6.47. The number of hydrogen-bond acceptors (Lipinski definition) is 5. The topological polar surface area (TPSA) is 94.4 Å². The Balaban J connectivity index is 1.54. The van der Waals surface area contributed by atoms with Gasteiger partial charge in [0, 0.05) is 24.8 Å². The predicted octanol–water partition coefficient (Wildman–Crippen LogP) is 2.91. The van der Waals surface area contributed by atoms with E-state index in [1.807, 2.05) is 12.3 Å². The normalized spacial score (nSPS) is 40.8. The van der Waals surface area contributed by atoms with Gasteiger partial charge in [-0.2, -0.15) is 0 Å². The Morgan fingerprint density at radius 1 is 1.22 bits per heavy atom. The molecule has 0 spiro atoms. The molecule has 4 fully saturated rings. The van der Waals surface area contributed by atoms with Crippen LogP contribution >= 0.6 is 0 Å². The molecule has 0 unspecified atom stereocenters. The first-order valence-corrected chi connectivity index (χ1v) is 10.6. The highest BCUT2D eigenvalue weighted by Crippen LogP contribution is 2.56. The van der Waals surface area contributed by atoms with Crippen molar-refractivity contribution in [1.82, 2.24) is 4.98 Å². The van der Waals surface area contributed by atoms with E-state index < -0.39 is 0 Å². The summed E-state index contributed by atoms with van der Waals surface area (Å²) in [6, 6.07) is 4.20. The van der Waals surface area contributed by atoms with Gasteiger partial charge in [0.05, 0.1) is 11.2 Å². The molecule has 4 aliphatic rings. The van der Waals surface area contributed by atoms with Gasteiger partial charge in [-0.3, -0.25) is 0 Å². The van der Waals surface area contributed by atoms with E-state index in [1.54, 1.807) is 0 Å². The highest BCUT2D eigenvalue weighted by molar-refractivity contribution is 5.29. The summed E-state index contributed by atoms with van der Waals surface area (Å²) >= 11 is 0. The SMILES string of the molecule is CC1(C)O[C@@]2([C@@H]3C[C@H](Cc4ccc(N)nc4)C[C@H](CO)C3)CC[C@@H]1[C@@H](N)C2. The number of ether oxygens (including phenoxy) is 1. The first-order chi connectivity index (χ1) is 12.8. The minimum atomic E-state index is -0.140. The van der Waals surface area contributed by atoms with E-state index in [0.29, 0.717) is 29.5 Å². The van der Waals surface area contributed by atoms with Crippen molar-refractivity contribution in [2.24, 2.45) is 29.4 Å². The molecule has 0 radical (unpaired) electrons. The van der Waals surface area contributed by atoms with Crippen LogP contribution in [0.2, 0.25) is 0 Å². The number of aliphatic hydroxyl groups excluding tert-OH is 1. The highest BCUT2D eigenvalue weighted by atomic mass is 16.5. The number of aliphatic hydroxyl groups is 1. The Morgan fingerprint density at radius 2 is 2.00 bits per heavy atom. The molecule has 1 aromatic rings. The molecule has 5 rings (SSSR count). The van der Waals surface area contributed by atoms with Crippen LogP contribution in [0, 0.1) is 23.7 Å². The molecule has 2 saturated heterocycles. The lowest BCUT2D eigenvalue weighted by Gasteiger charge is -2.61. The Labute approximate surface area is 162 Å². The predicted molar refractivity (Wildman–Crippen MR) is 107 cm³/mol. The summed E-state index contributed by atoms with van der Waals surface area (Å²) in [4.78, 5) is 4.25. The number of nitrogens with two attached hydrogens (primary N) is 2. The highest BCUT2D eigenvalue weighted by Gasteiger charge is 2.58. The molecule has 2 saturated carbocycles. The molecule has 5 nitrogen and oxygen atoms in total. The zero-order valence-electron chi connectivity index (χ0n) is 16.7. The average molecular weight is 374 g/mol. The van der Waals surface area contributed by atoms with Crippen LogP contribution in [0.5, 0.6) is 0 Å². The smallest absolute Gasteiger partial charge is 0.123 e. The van der Waals surface area contributed by atoms with Crippen LogP contribution in [0.25, 0.3) is 0 Å². The van der Waals surface area contributed by atoms with Gasteiger partial charge in [-0.05, 0) is 88.2 Å². The van der Waals surface area contributed by atoms with Crippen molar-refractivity contribution in [3.05, 3.63) is 23.9 Å². The van der Waals surface area contributed by atoms with Crippen LogP contribution in [0.4, 0.5) is 5.82 Å². The Hall–Kier alpha value is -1.17. The van der Waals surface area contributed by atoms with Gasteiger partial charge < -0.3 is 21.3 Å². The van der Waals surface area contributed by atoms with Gasteiger partial charge >= 0.3 is 0 Å². The lowest BCUT2D eigenvalue weighted by molar-refractivity contribution is -0.270. The molecule has 0 amide bonds. The molecule has 27 heavy (non-hydrogen) atoms. The van der Waals surface area contributed by atoms with Gasteiger partial charge in [-0.15, -0.1) is 0 Å². The zero-order valence-corrected chi connectivity index (χ0v) is 16.7. The summed E-state index contributed by atoms with van der Waals surface area (Å²) < 4.78 is 6.79. The van der Waals surface area contributed by atoms with E-state index in [9.17, 15) is 5.11 Å². The molecule has 6 atom stereocenters. The van der Waals surface area contributed by atoms with Crippen LogP contribution in [0.15, 0.2) is 18.3 Å². The van der Waals surface area contributed by atoms with Crippen LogP contribution in [0.1, 0.15) is 57.9 Å². The minimum Gasteiger partial charge on any atom is -0.396 e. The van der Waals surface area contributed by atoms with Crippen molar-refractivity contribution in [3.8, 4) is 0 Å². The zero-order chi connectivity index (χ0) is 19.2. The van der Waals surface area contributed by atoms with E-state index >= 15 is 0 Å². The van der Waals surface area contributed by atoms with Crippen molar-refractivity contribution in [3.63, 3.8) is 0 Å². The van der Waals surface area contributed by atoms with Crippen molar-refractivity contribution in [2.45, 2.75) is 76.0 Å². The first kappa shape index (κ1) is 19.2. The molecule has 5 N–H and O–H groups in total. The van der Waals surface area contributed by atoms with E-state index in [1.165, 1.54) is 12.0 Å². The number of nitrogens with zero attached hydrogens (tertiary/aromatic N) is 1. The largest absolute Gasteiger partial charge is 0.396 e. The number of nitrogen functional groups attached to an aromatic ring is 1. The van der Waals surface area contributed by atoms with Crippen LogP contribution in [0.3, 0.4) is 0 Å². The maximum absolute atomic E-state index is 9.95. The van der Waals surface area contributed by atoms with Crippen molar-refractivity contribution >= 4 is 5.82 Å². The van der Waals surface area contributed by atoms with Crippen LogP contribution < -0.4 is 11.5 Å². The third kappa shape index (κ3) is 3.62. The maximum atomic E-state index is 9.95. The lowest BCUT2D eigenvalue weighted by Crippen LogP contribution is -2.66. The quantitative estimate of drug-likeness (QED) is 0.754. The second-order valence-corrected chi connectivity index (χ2v) is 9.90. The molecule has 2 bridgehead atoms. The number of aromatic nitrogens is 1. The number of fused-ring (bicyclic) bond motifs is 3. The Morgan fingerprint density at radius 3 is 2.63 bits per heavy atom. The third-order valence-corrected chi connectivity index (χ3v) is 7.61. The Bertz CT molecular complexity index is 662. The molecule has 2 aliphatic heterocycles. The average Bonchev–Trinajstić information content (AvgIpc) is 2.62. The van der Waals surface area contributed by atoms with Gasteiger partial charge in [0.2, 0.25) is 0 Å². The lowest BCUT2D eigenvalue weighted by atomic mass is 9.57. The standard InChI is InChI=1S/C22H35N3O2/c1-21(2)18-5-6-22(27-21,11-19(18)23)17-9-15(8-16(10-17)13-26)7-14-3-4-20(24)25-12-14/h3-4,12,15-19,26H,5-11,13,23H2,1-2H3,(H2,24,25)/t15-,16+,17-,18-,19+,22+/m1/s1. The number of hydrogen-bond donors (Lipinski definition) is 3. The second-order valence-electron chi connectivity index (χ2n) is 9.90. The van der Waals surface area contributed by atoms with Crippen molar-refractivity contribution < 1.29 is 9.84 Å². The summed E-state index contributed by atoms with van der Waals surface area (Å²) in [7, 11) is 0. The third-order valence-electron chi connectivity index (χ3n) is 7.61. The fourth-order valence-electron chi connectivity index (χ4n) is 6.47. The van der Waals surface area contributed by atoms with Crippen molar-refractivity contribution in [2.75, 3.05) is 12.3 Å². The van der Waals surface area contributed by atoms with Gasteiger partial charge in [0.15, 0.2) is 0 Å². The molecular formula is C22H35N3O2. The van der Waals surface area contributed by atoms with Gasteiger partial charge in [0.1, 0.15) is 5.82 Å².